The van der Waals surface area contributed by atoms with Crippen LogP contribution in [-0.2, 0) is 0 Å². The number of para-hydroxylation sites is 2. The van der Waals surface area contributed by atoms with Crippen molar-refractivity contribution in [2.45, 2.75) is 0 Å². The molecule has 8 aromatic carbocycles. The first-order valence-electron chi connectivity index (χ1n) is 19.0. The summed E-state index contributed by atoms with van der Waals surface area (Å²) in [5.74, 6) is 1.86. The third-order valence-electron chi connectivity index (χ3n) is 11.1. The first-order valence-corrected chi connectivity index (χ1v) is 19.8. The van der Waals surface area contributed by atoms with Crippen LogP contribution in [0.1, 0.15) is 0 Å². The van der Waals surface area contributed by atoms with Gasteiger partial charge in [0.25, 0.3) is 0 Å². The first kappa shape index (κ1) is 31.9. The van der Waals surface area contributed by atoms with Crippen LogP contribution < -0.4 is 0 Å². The molecule has 12 rings (SSSR count). The molecule has 0 atom stereocenters. The quantitative estimate of drug-likeness (QED) is 0.176. The largest absolute Gasteiger partial charge is 0.456 e. The lowest BCUT2D eigenvalue weighted by Gasteiger charge is -2.08. The van der Waals surface area contributed by atoms with E-state index in [-0.39, 0.29) is 0 Å². The van der Waals surface area contributed by atoms with Crippen molar-refractivity contribution < 1.29 is 4.42 Å². The number of fused-ring (bicyclic) bond motifs is 9. The van der Waals surface area contributed by atoms with E-state index >= 15 is 0 Å². The molecule has 4 heterocycles. The Labute approximate surface area is 330 Å². The molecule has 6 heteroatoms. The molecule has 0 spiro atoms. The van der Waals surface area contributed by atoms with Gasteiger partial charge in [-0.25, -0.2) is 15.0 Å². The topological polar surface area (TPSA) is 56.7 Å². The van der Waals surface area contributed by atoms with Crippen molar-refractivity contribution in [2.24, 2.45) is 0 Å². The highest BCUT2D eigenvalue weighted by Crippen LogP contribution is 2.41. The fourth-order valence-corrected chi connectivity index (χ4v) is 9.56. The Kier molecular flexibility index (Phi) is 7.03. The third kappa shape index (κ3) is 5.12. The van der Waals surface area contributed by atoms with Crippen LogP contribution in [0.5, 0.6) is 0 Å². The molecular formula is C51H30N4OS. The molecule has 0 radical (unpaired) electrons. The number of hydrogen-bond donors (Lipinski definition) is 0. The Morgan fingerprint density at radius 1 is 0.386 bits per heavy atom. The lowest BCUT2D eigenvalue weighted by Crippen LogP contribution is -2.00. The van der Waals surface area contributed by atoms with Gasteiger partial charge >= 0.3 is 0 Å². The van der Waals surface area contributed by atoms with Crippen molar-refractivity contribution in [1.82, 2.24) is 19.5 Å². The highest BCUT2D eigenvalue weighted by Gasteiger charge is 2.19. The Hall–Kier alpha value is -7.41. The van der Waals surface area contributed by atoms with Crippen LogP contribution in [0.2, 0.25) is 0 Å². The second-order valence-corrected chi connectivity index (χ2v) is 15.5. The van der Waals surface area contributed by atoms with E-state index < -0.39 is 0 Å². The molecule has 0 unspecified atom stereocenters. The molecule has 0 saturated heterocycles. The van der Waals surface area contributed by atoms with E-state index in [0.29, 0.717) is 17.5 Å². The summed E-state index contributed by atoms with van der Waals surface area (Å²) in [5.41, 5.74) is 10.1. The van der Waals surface area contributed by atoms with Crippen LogP contribution in [0.15, 0.2) is 186 Å². The van der Waals surface area contributed by atoms with E-state index in [0.717, 1.165) is 49.9 Å². The van der Waals surface area contributed by atoms with Crippen LogP contribution in [0, 0.1) is 0 Å². The Balaban J connectivity index is 0.985. The van der Waals surface area contributed by atoms with Gasteiger partial charge in [0.15, 0.2) is 17.5 Å². The molecule has 266 valence electrons. The molecule has 12 aromatic rings. The van der Waals surface area contributed by atoms with Gasteiger partial charge in [-0.15, -0.1) is 11.3 Å². The fourth-order valence-electron chi connectivity index (χ4n) is 8.41. The highest BCUT2D eigenvalue weighted by molar-refractivity contribution is 7.25. The van der Waals surface area contributed by atoms with Crippen molar-refractivity contribution in [3.05, 3.63) is 182 Å². The van der Waals surface area contributed by atoms with Gasteiger partial charge in [0, 0.05) is 64.1 Å². The summed E-state index contributed by atoms with van der Waals surface area (Å²) in [7, 11) is 0. The average molecular weight is 747 g/mol. The van der Waals surface area contributed by atoms with Gasteiger partial charge in [-0.3, -0.25) is 0 Å². The monoisotopic (exact) mass is 746 g/mol. The van der Waals surface area contributed by atoms with Gasteiger partial charge in [0.1, 0.15) is 11.2 Å². The molecule has 0 aliphatic carbocycles. The number of furan rings is 1. The van der Waals surface area contributed by atoms with Crippen LogP contribution in [0.25, 0.3) is 115 Å². The van der Waals surface area contributed by atoms with Crippen LogP contribution in [0.4, 0.5) is 0 Å². The van der Waals surface area contributed by atoms with E-state index in [2.05, 4.69) is 156 Å². The second kappa shape index (κ2) is 12.6. The molecule has 0 N–H and O–H groups in total. The van der Waals surface area contributed by atoms with Crippen LogP contribution in [0.3, 0.4) is 0 Å². The molecule has 0 aliphatic rings. The molecule has 0 saturated carbocycles. The van der Waals surface area contributed by atoms with Gasteiger partial charge in [0.2, 0.25) is 0 Å². The van der Waals surface area contributed by atoms with Gasteiger partial charge in [-0.1, -0.05) is 121 Å². The summed E-state index contributed by atoms with van der Waals surface area (Å²) in [5, 5.41) is 7.07. The summed E-state index contributed by atoms with van der Waals surface area (Å²) >= 11 is 1.79. The zero-order chi connectivity index (χ0) is 37.5. The molecule has 0 amide bonds. The van der Waals surface area contributed by atoms with Gasteiger partial charge in [-0.2, -0.15) is 0 Å². The van der Waals surface area contributed by atoms with Crippen molar-refractivity contribution in [3.8, 4) is 51.0 Å². The highest BCUT2D eigenvalue weighted by atomic mass is 32.1. The van der Waals surface area contributed by atoms with Crippen LogP contribution in [-0.4, -0.2) is 19.5 Å². The standard InChI is InChI=1S/C51H30N4OS/c1-3-12-31(13-4-1)49-52-50(54-51(53-49)34-24-27-40-39-16-8-10-21-46(39)57-47(40)30-34)33-23-26-38-37-25-22-32(28-44(37)56-45(38)29-33)36-18-11-20-43-48(36)41-17-7-9-19-42(41)55(43)35-14-5-2-6-15-35/h1-30H. The van der Waals surface area contributed by atoms with Gasteiger partial charge in [0.05, 0.1) is 11.0 Å². The normalized spacial score (nSPS) is 11.9. The van der Waals surface area contributed by atoms with E-state index in [1.807, 2.05) is 30.3 Å². The maximum absolute atomic E-state index is 6.68. The zero-order valence-electron chi connectivity index (χ0n) is 30.4. The van der Waals surface area contributed by atoms with Crippen molar-refractivity contribution in [1.29, 1.82) is 0 Å². The number of thiophene rings is 1. The molecule has 0 bridgehead atoms. The minimum atomic E-state index is 0.597. The molecule has 5 nitrogen and oxygen atoms in total. The number of benzene rings is 8. The third-order valence-corrected chi connectivity index (χ3v) is 12.2. The van der Waals surface area contributed by atoms with E-state index in [4.69, 9.17) is 19.4 Å². The van der Waals surface area contributed by atoms with Crippen LogP contribution >= 0.6 is 11.3 Å². The van der Waals surface area contributed by atoms with E-state index in [1.165, 1.54) is 47.5 Å². The predicted octanol–water partition coefficient (Wildman–Crippen LogP) is 13.9. The molecule has 0 aliphatic heterocycles. The summed E-state index contributed by atoms with van der Waals surface area (Å²) in [6, 6.07) is 63.8. The minimum absolute atomic E-state index is 0.597. The lowest BCUT2D eigenvalue weighted by molar-refractivity contribution is 0.669. The number of hydrogen-bond acceptors (Lipinski definition) is 5. The van der Waals surface area contributed by atoms with E-state index in [9.17, 15) is 0 Å². The summed E-state index contributed by atoms with van der Waals surface area (Å²) < 4.78 is 11.5. The van der Waals surface area contributed by atoms with Crippen molar-refractivity contribution >= 4 is 75.3 Å². The first-order chi connectivity index (χ1) is 28.2. The van der Waals surface area contributed by atoms with Gasteiger partial charge in [-0.05, 0) is 71.8 Å². The second-order valence-electron chi connectivity index (χ2n) is 14.4. The number of aromatic nitrogens is 4. The Morgan fingerprint density at radius 3 is 1.72 bits per heavy atom. The van der Waals surface area contributed by atoms with Crippen molar-refractivity contribution in [3.63, 3.8) is 0 Å². The minimum Gasteiger partial charge on any atom is -0.456 e. The molecule has 0 fully saturated rings. The molecule has 4 aromatic heterocycles. The van der Waals surface area contributed by atoms with Gasteiger partial charge < -0.3 is 8.98 Å². The lowest BCUT2D eigenvalue weighted by atomic mass is 9.98. The SMILES string of the molecule is c1ccc(-c2nc(-c3ccc4c(c3)oc3cc(-c5cccc6c5c5ccccc5n6-c5ccccc5)ccc34)nc(-c3ccc4c(c3)sc3ccccc34)n2)cc1. The predicted molar refractivity (Wildman–Crippen MR) is 236 cm³/mol. The smallest absolute Gasteiger partial charge is 0.164 e. The number of rotatable bonds is 5. The average Bonchev–Trinajstić information content (AvgIpc) is 3.95. The Morgan fingerprint density at radius 2 is 0.947 bits per heavy atom. The van der Waals surface area contributed by atoms with Crippen molar-refractivity contribution in [2.75, 3.05) is 0 Å². The maximum atomic E-state index is 6.68. The van der Waals surface area contributed by atoms with E-state index in [1.54, 1.807) is 11.3 Å². The summed E-state index contributed by atoms with van der Waals surface area (Å²) in [6.07, 6.45) is 0. The molecule has 57 heavy (non-hydrogen) atoms. The summed E-state index contributed by atoms with van der Waals surface area (Å²) in [4.78, 5) is 15.1. The Bertz CT molecular complexity index is 3530. The fraction of sp³-hybridized carbons (Fsp3) is 0. The zero-order valence-corrected chi connectivity index (χ0v) is 31.2. The molecular weight excluding hydrogens is 717 g/mol. The number of nitrogens with zero attached hydrogens (tertiary/aromatic N) is 4. The summed E-state index contributed by atoms with van der Waals surface area (Å²) in [6.45, 7) is 0. The maximum Gasteiger partial charge on any atom is 0.164 e.